The number of para-hydroxylation sites is 1. The van der Waals surface area contributed by atoms with E-state index in [1.54, 1.807) is 0 Å². The first-order valence-electron chi connectivity index (χ1n) is 7.98. The summed E-state index contributed by atoms with van der Waals surface area (Å²) in [7, 11) is 0. The molecule has 1 heterocycles. The number of rotatable bonds is 4. The lowest BCUT2D eigenvalue weighted by atomic mass is 10.1. The zero-order chi connectivity index (χ0) is 20.3. The second-order valence-corrected chi connectivity index (χ2v) is 6.05. The van der Waals surface area contributed by atoms with Gasteiger partial charge in [0.15, 0.2) is 18.1 Å². The van der Waals surface area contributed by atoms with Gasteiger partial charge in [-0.15, -0.1) is 0 Å². The Kier molecular flexibility index (Phi) is 5.64. The van der Waals surface area contributed by atoms with E-state index in [-0.39, 0.29) is 10.6 Å². The minimum absolute atomic E-state index is 0.103. The number of fused-ring (bicyclic) bond motifs is 1. The maximum absolute atomic E-state index is 13.0. The molecule has 0 fully saturated rings. The number of hydrogen-bond donors (Lipinski definition) is 1. The maximum atomic E-state index is 13.0. The molecule has 1 aliphatic rings. The molecule has 3 rings (SSSR count). The van der Waals surface area contributed by atoms with Crippen molar-refractivity contribution in [3.8, 4) is 11.5 Å². The van der Waals surface area contributed by atoms with Gasteiger partial charge in [0.05, 0.1) is 21.8 Å². The molecule has 0 radical (unpaired) electrons. The molecule has 0 saturated heterocycles. The molecule has 1 amide bonds. The molecule has 1 aliphatic heterocycles. The predicted octanol–water partition coefficient (Wildman–Crippen LogP) is 3.93. The normalized spacial score (nSPS) is 13.0. The van der Waals surface area contributed by atoms with Crippen molar-refractivity contribution in [2.24, 2.45) is 0 Å². The van der Waals surface area contributed by atoms with Gasteiger partial charge in [0.25, 0.3) is 5.91 Å². The van der Waals surface area contributed by atoms with Crippen LogP contribution in [0.25, 0.3) is 0 Å². The minimum atomic E-state index is -4.71. The van der Waals surface area contributed by atoms with E-state index in [1.807, 2.05) is 5.32 Å². The average molecular weight is 416 g/mol. The second-order valence-electron chi connectivity index (χ2n) is 5.64. The SMILES string of the molecule is O=C(COC(=O)c1ccc2c(c1)OCCO2)Nc1c(Cl)cccc1C(F)(F)F. The number of ether oxygens (including phenoxy) is 3. The topological polar surface area (TPSA) is 73.9 Å². The highest BCUT2D eigenvalue weighted by molar-refractivity contribution is 6.34. The molecule has 0 atom stereocenters. The molecular formula is C18H13ClF3NO5. The van der Waals surface area contributed by atoms with Gasteiger partial charge in [-0.2, -0.15) is 13.2 Å². The van der Waals surface area contributed by atoms with Crippen molar-refractivity contribution in [2.45, 2.75) is 6.18 Å². The Hall–Kier alpha value is -2.94. The lowest BCUT2D eigenvalue weighted by molar-refractivity contribution is -0.137. The third kappa shape index (κ3) is 4.48. The fourth-order valence-electron chi connectivity index (χ4n) is 2.45. The molecule has 0 spiro atoms. The van der Waals surface area contributed by atoms with Crippen LogP contribution in [-0.2, 0) is 15.7 Å². The van der Waals surface area contributed by atoms with Gasteiger partial charge in [-0.05, 0) is 30.3 Å². The fourth-order valence-corrected chi connectivity index (χ4v) is 2.67. The molecule has 2 aromatic carbocycles. The quantitative estimate of drug-likeness (QED) is 0.766. The first-order valence-corrected chi connectivity index (χ1v) is 8.36. The Labute approximate surface area is 162 Å². The van der Waals surface area contributed by atoms with Gasteiger partial charge in [-0.3, -0.25) is 4.79 Å². The van der Waals surface area contributed by atoms with E-state index in [2.05, 4.69) is 0 Å². The van der Waals surface area contributed by atoms with Crippen molar-refractivity contribution in [3.63, 3.8) is 0 Å². The van der Waals surface area contributed by atoms with E-state index in [0.717, 1.165) is 12.1 Å². The van der Waals surface area contributed by atoms with Crippen LogP contribution >= 0.6 is 11.6 Å². The Morgan fingerprint density at radius 3 is 2.54 bits per heavy atom. The molecule has 148 valence electrons. The van der Waals surface area contributed by atoms with Crippen molar-refractivity contribution in [1.82, 2.24) is 0 Å². The summed E-state index contributed by atoms with van der Waals surface area (Å²) >= 11 is 5.76. The number of amides is 1. The standard InChI is InChI=1S/C18H13ClF3NO5/c19-12-3-1-2-11(18(20,21)22)16(12)23-15(24)9-28-17(25)10-4-5-13-14(8-10)27-7-6-26-13/h1-5,8H,6-7,9H2,(H,23,24). The second kappa shape index (κ2) is 7.97. The number of anilines is 1. The van der Waals surface area contributed by atoms with Crippen LogP contribution in [-0.4, -0.2) is 31.7 Å². The molecule has 10 heteroatoms. The van der Waals surface area contributed by atoms with Crippen molar-refractivity contribution < 1.29 is 37.0 Å². The van der Waals surface area contributed by atoms with Gasteiger partial charge in [0.1, 0.15) is 13.2 Å². The van der Waals surface area contributed by atoms with Crippen LogP contribution < -0.4 is 14.8 Å². The number of halogens is 4. The lowest BCUT2D eigenvalue weighted by Gasteiger charge is -2.18. The average Bonchev–Trinajstić information content (AvgIpc) is 2.66. The van der Waals surface area contributed by atoms with Crippen molar-refractivity contribution in [1.29, 1.82) is 0 Å². The van der Waals surface area contributed by atoms with E-state index >= 15 is 0 Å². The third-order valence-corrected chi connectivity index (χ3v) is 4.01. The fraction of sp³-hybridized carbons (Fsp3) is 0.222. The lowest BCUT2D eigenvalue weighted by Crippen LogP contribution is -2.23. The van der Waals surface area contributed by atoms with Gasteiger partial charge in [-0.25, -0.2) is 4.79 Å². The molecule has 0 bridgehead atoms. The van der Waals surface area contributed by atoms with Crippen molar-refractivity contribution >= 4 is 29.2 Å². The van der Waals surface area contributed by atoms with Crippen LogP contribution in [0.3, 0.4) is 0 Å². The van der Waals surface area contributed by atoms with E-state index < -0.39 is 35.9 Å². The molecule has 0 aromatic heterocycles. The maximum Gasteiger partial charge on any atom is 0.418 e. The number of alkyl halides is 3. The van der Waals surface area contributed by atoms with Crippen LogP contribution in [0, 0.1) is 0 Å². The zero-order valence-corrected chi connectivity index (χ0v) is 14.9. The van der Waals surface area contributed by atoms with E-state index in [9.17, 15) is 22.8 Å². The van der Waals surface area contributed by atoms with Crippen LogP contribution in [0.1, 0.15) is 15.9 Å². The van der Waals surface area contributed by atoms with Crippen LogP contribution in [0.15, 0.2) is 36.4 Å². The summed E-state index contributed by atoms with van der Waals surface area (Å²) in [4.78, 5) is 24.0. The minimum Gasteiger partial charge on any atom is -0.486 e. The number of esters is 1. The summed E-state index contributed by atoms with van der Waals surface area (Å²) < 4.78 is 54.6. The smallest absolute Gasteiger partial charge is 0.418 e. The summed E-state index contributed by atoms with van der Waals surface area (Å²) in [6, 6.07) is 7.43. The highest BCUT2D eigenvalue weighted by atomic mass is 35.5. The van der Waals surface area contributed by atoms with Crippen molar-refractivity contribution in [2.75, 3.05) is 25.1 Å². The van der Waals surface area contributed by atoms with E-state index in [1.165, 1.54) is 24.3 Å². The Morgan fingerprint density at radius 1 is 1.11 bits per heavy atom. The van der Waals surface area contributed by atoms with Gasteiger partial charge >= 0.3 is 12.1 Å². The number of carbonyl (C=O) groups is 2. The summed E-state index contributed by atoms with van der Waals surface area (Å²) in [5.74, 6) is -0.984. The number of carbonyl (C=O) groups excluding carboxylic acids is 2. The zero-order valence-electron chi connectivity index (χ0n) is 14.1. The first-order chi connectivity index (χ1) is 13.3. The highest BCUT2D eigenvalue weighted by Gasteiger charge is 2.34. The van der Waals surface area contributed by atoms with E-state index in [0.29, 0.717) is 24.7 Å². The Bertz CT molecular complexity index is 917. The number of hydrogen-bond acceptors (Lipinski definition) is 5. The monoisotopic (exact) mass is 415 g/mol. The molecular weight excluding hydrogens is 403 g/mol. The Morgan fingerprint density at radius 2 is 1.82 bits per heavy atom. The van der Waals surface area contributed by atoms with Crippen LogP contribution in [0.5, 0.6) is 11.5 Å². The summed E-state index contributed by atoms with van der Waals surface area (Å²) in [6.45, 7) is -0.0813. The summed E-state index contributed by atoms with van der Waals surface area (Å²) in [5, 5.41) is 1.74. The van der Waals surface area contributed by atoms with Crippen LogP contribution in [0.4, 0.5) is 18.9 Å². The molecule has 2 aromatic rings. The molecule has 0 aliphatic carbocycles. The summed E-state index contributed by atoms with van der Waals surface area (Å²) in [6.07, 6.45) is -4.71. The number of nitrogens with one attached hydrogen (secondary N) is 1. The largest absolute Gasteiger partial charge is 0.486 e. The van der Waals surface area contributed by atoms with E-state index in [4.69, 9.17) is 25.8 Å². The molecule has 0 unspecified atom stereocenters. The first kappa shape index (κ1) is 19.8. The van der Waals surface area contributed by atoms with Gasteiger partial charge in [0, 0.05) is 0 Å². The van der Waals surface area contributed by atoms with Gasteiger partial charge in [-0.1, -0.05) is 17.7 Å². The van der Waals surface area contributed by atoms with Gasteiger partial charge in [0.2, 0.25) is 0 Å². The van der Waals surface area contributed by atoms with Crippen molar-refractivity contribution in [3.05, 3.63) is 52.5 Å². The summed E-state index contributed by atoms with van der Waals surface area (Å²) in [5.41, 5.74) is -1.60. The Balaban J connectivity index is 1.64. The third-order valence-electron chi connectivity index (χ3n) is 3.70. The highest BCUT2D eigenvalue weighted by Crippen LogP contribution is 2.38. The molecule has 6 nitrogen and oxygen atoms in total. The van der Waals surface area contributed by atoms with Gasteiger partial charge < -0.3 is 19.5 Å². The number of benzene rings is 2. The molecule has 1 N–H and O–H groups in total. The molecule has 0 saturated carbocycles. The van der Waals surface area contributed by atoms with Crippen LogP contribution in [0.2, 0.25) is 5.02 Å². The predicted molar refractivity (Wildman–Crippen MR) is 92.8 cm³/mol. The molecule has 28 heavy (non-hydrogen) atoms.